The van der Waals surface area contributed by atoms with Gasteiger partial charge in [-0.3, -0.25) is 0 Å². The summed E-state index contributed by atoms with van der Waals surface area (Å²) in [6, 6.07) is 0.306. The van der Waals surface area contributed by atoms with Crippen molar-refractivity contribution >= 4 is 0 Å². The highest BCUT2D eigenvalue weighted by Gasteiger charge is 2.14. The van der Waals surface area contributed by atoms with Gasteiger partial charge in [0, 0.05) is 6.54 Å². The van der Waals surface area contributed by atoms with Crippen LogP contribution >= 0.6 is 0 Å². The van der Waals surface area contributed by atoms with E-state index in [2.05, 4.69) is 23.5 Å². The Morgan fingerprint density at radius 3 is 3.09 bits per heavy atom. The van der Waals surface area contributed by atoms with Crippen LogP contribution in [0.15, 0.2) is 36.3 Å². The van der Waals surface area contributed by atoms with Gasteiger partial charge in [-0.15, -0.1) is 0 Å². The van der Waals surface area contributed by atoms with Crippen molar-refractivity contribution in [2.45, 2.75) is 12.5 Å². The van der Waals surface area contributed by atoms with Crippen LogP contribution in [0.1, 0.15) is 6.42 Å². The number of hydrogen-bond donors (Lipinski definition) is 1. The smallest absolute Gasteiger partial charge is 0.120 e. The summed E-state index contributed by atoms with van der Waals surface area (Å²) in [6.07, 6.45) is 11.1. The molecular weight excluding hydrogens is 138 g/mol. The van der Waals surface area contributed by atoms with Crippen LogP contribution in [0.2, 0.25) is 0 Å². The Balaban J connectivity index is 2.03. The van der Waals surface area contributed by atoms with Crippen LogP contribution in [0.5, 0.6) is 0 Å². The molecule has 2 nitrogen and oxygen atoms in total. The fraction of sp³-hybridized carbons (Fsp3) is 0.333. The van der Waals surface area contributed by atoms with Crippen molar-refractivity contribution in [3.8, 4) is 0 Å². The summed E-state index contributed by atoms with van der Waals surface area (Å²) in [5, 5.41) is 3.29. The number of hydrogen-bond acceptors (Lipinski definition) is 2. The van der Waals surface area contributed by atoms with E-state index in [1.807, 2.05) is 6.08 Å². The highest BCUT2D eigenvalue weighted by molar-refractivity contribution is 5.20. The quantitative estimate of drug-likeness (QED) is 0.568. The zero-order chi connectivity index (χ0) is 7.52. The summed E-state index contributed by atoms with van der Waals surface area (Å²) >= 11 is 0. The first kappa shape index (κ1) is 6.68. The van der Waals surface area contributed by atoms with Gasteiger partial charge in [0.05, 0.1) is 12.3 Å². The fourth-order valence-corrected chi connectivity index (χ4v) is 1.28. The van der Waals surface area contributed by atoms with Gasteiger partial charge in [-0.2, -0.15) is 0 Å². The molecule has 0 radical (unpaired) electrons. The third-order valence-electron chi connectivity index (χ3n) is 1.85. The lowest BCUT2D eigenvalue weighted by Crippen LogP contribution is -2.25. The molecule has 1 N–H and O–H groups in total. The van der Waals surface area contributed by atoms with E-state index in [0.29, 0.717) is 6.04 Å². The molecule has 0 fully saturated rings. The SMILES string of the molecule is C1=COC(C2C=CCN2)=CC1. The average molecular weight is 149 g/mol. The van der Waals surface area contributed by atoms with Crippen LogP contribution in [0.3, 0.4) is 0 Å². The molecule has 2 rings (SSSR count). The van der Waals surface area contributed by atoms with E-state index in [1.165, 1.54) is 0 Å². The molecular formula is C9H11NO. The molecule has 11 heavy (non-hydrogen) atoms. The molecule has 0 spiro atoms. The van der Waals surface area contributed by atoms with E-state index < -0.39 is 0 Å². The molecule has 0 saturated carbocycles. The maximum Gasteiger partial charge on any atom is 0.120 e. The standard InChI is InChI=1S/C9H11NO/c1-2-7-11-9(5-1)8-4-3-6-10-8/h2-5,7-8,10H,1,6H2. The van der Waals surface area contributed by atoms with E-state index in [9.17, 15) is 0 Å². The van der Waals surface area contributed by atoms with Gasteiger partial charge < -0.3 is 10.1 Å². The highest BCUT2D eigenvalue weighted by Crippen LogP contribution is 2.14. The summed E-state index contributed by atoms with van der Waals surface area (Å²) in [6.45, 7) is 0.953. The van der Waals surface area contributed by atoms with Crippen LogP contribution in [0.4, 0.5) is 0 Å². The number of allylic oxidation sites excluding steroid dienone is 2. The molecule has 2 heterocycles. The van der Waals surface area contributed by atoms with Crippen LogP contribution in [0.25, 0.3) is 0 Å². The van der Waals surface area contributed by atoms with Gasteiger partial charge >= 0.3 is 0 Å². The van der Waals surface area contributed by atoms with Crippen LogP contribution in [0, 0.1) is 0 Å². The van der Waals surface area contributed by atoms with Gasteiger partial charge in [0.25, 0.3) is 0 Å². The summed E-state index contributed by atoms with van der Waals surface area (Å²) in [5.41, 5.74) is 0. The second-order valence-corrected chi connectivity index (χ2v) is 2.65. The molecule has 2 aliphatic heterocycles. The third kappa shape index (κ3) is 1.35. The lowest BCUT2D eigenvalue weighted by Gasteiger charge is -2.15. The van der Waals surface area contributed by atoms with E-state index in [0.717, 1.165) is 18.7 Å². The Bertz CT molecular complexity index is 228. The molecule has 0 aromatic carbocycles. The molecule has 0 aromatic heterocycles. The lowest BCUT2D eigenvalue weighted by atomic mass is 10.2. The van der Waals surface area contributed by atoms with Crippen molar-refractivity contribution in [2.24, 2.45) is 0 Å². The predicted molar refractivity (Wildman–Crippen MR) is 43.9 cm³/mol. The Hall–Kier alpha value is -1.02. The minimum absolute atomic E-state index is 0.306. The maximum absolute atomic E-state index is 5.33. The minimum Gasteiger partial charge on any atom is -0.468 e. The number of nitrogens with one attached hydrogen (secondary N) is 1. The average Bonchev–Trinajstić information content (AvgIpc) is 2.58. The highest BCUT2D eigenvalue weighted by atomic mass is 16.5. The summed E-state index contributed by atoms with van der Waals surface area (Å²) in [4.78, 5) is 0. The fourth-order valence-electron chi connectivity index (χ4n) is 1.28. The Morgan fingerprint density at radius 2 is 2.45 bits per heavy atom. The number of ether oxygens (including phenoxy) is 1. The number of rotatable bonds is 1. The molecule has 1 unspecified atom stereocenters. The first-order chi connectivity index (χ1) is 5.47. The zero-order valence-corrected chi connectivity index (χ0v) is 6.29. The monoisotopic (exact) mass is 149 g/mol. The minimum atomic E-state index is 0.306. The molecule has 58 valence electrons. The summed E-state index contributed by atoms with van der Waals surface area (Å²) in [5.74, 6) is 1.03. The Morgan fingerprint density at radius 1 is 1.45 bits per heavy atom. The van der Waals surface area contributed by atoms with Gasteiger partial charge in [-0.05, 0) is 18.6 Å². The second-order valence-electron chi connectivity index (χ2n) is 2.65. The molecule has 1 atom stereocenters. The Labute approximate surface area is 66.2 Å². The van der Waals surface area contributed by atoms with Crippen molar-refractivity contribution in [1.82, 2.24) is 5.32 Å². The van der Waals surface area contributed by atoms with Crippen molar-refractivity contribution in [3.63, 3.8) is 0 Å². The molecule has 0 saturated heterocycles. The summed E-state index contributed by atoms with van der Waals surface area (Å²) in [7, 11) is 0. The van der Waals surface area contributed by atoms with Gasteiger partial charge in [-0.1, -0.05) is 12.2 Å². The first-order valence-electron chi connectivity index (χ1n) is 3.88. The van der Waals surface area contributed by atoms with E-state index in [1.54, 1.807) is 6.26 Å². The molecule has 0 aromatic rings. The topological polar surface area (TPSA) is 21.3 Å². The zero-order valence-electron chi connectivity index (χ0n) is 6.29. The van der Waals surface area contributed by atoms with Crippen LogP contribution in [-0.4, -0.2) is 12.6 Å². The molecule has 0 amide bonds. The van der Waals surface area contributed by atoms with Gasteiger partial charge in [0.15, 0.2) is 0 Å². The van der Waals surface area contributed by atoms with E-state index >= 15 is 0 Å². The van der Waals surface area contributed by atoms with Gasteiger partial charge in [-0.25, -0.2) is 0 Å². The Kier molecular flexibility index (Phi) is 1.78. The molecule has 0 bridgehead atoms. The van der Waals surface area contributed by atoms with Crippen molar-refractivity contribution in [2.75, 3.05) is 6.54 Å². The maximum atomic E-state index is 5.33. The lowest BCUT2D eigenvalue weighted by molar-refractivity contribution is 0.312. The second kappa shape index (κ2) is 2.93. The van der Waals surface area contributed by atoms with Crippen molar-refractivity contribution in [3.05, 3.63) is 36.3 Å². The molecule has 0 aliphatic carbocycles. The third-order valence-corrected chi connectivity index (χ3v) is 1.85. The molecule has 2 heteroatoms. The summed E-state index contributed by atoms with van der Waals surface area (Å²) < 4.78 is 5.33. The van der Waals surface area contributed by atoms with Crippen molar-refractivity contribution in [1.29, 1.82) is 0 Å². The van der Waals surface area contributed by atoms with Gasteiger partial charge in [0.2, 0.25) is 0 Å². The first-order valence-corrected chi connectivity index (χ1v) is 3.88. The normalized spacial score (nSPS) is 28.4. The van der Waals surface area contributed by atoms with E-state index in [-0.39, 0.29) is 0 Å². The molecule has 2 aliphatic rings. The van der Waals surface area contributed by atoms with Gasteiger partial charge in [0.1, 0.15) is 5.76 Å². The van der Waals surface area contributed by atoms with E-state index in [4.69, 9.17) is 4.74 Å². The largest absolute Gasteiger partial charge is 0.468 e. The van der Waals surface area contributed by atoms with Crippen LogP contribution < -0.4 is 5.32 Å². The predicted octanol–water partition coefficient (Wildman–Crippen LogP) is 1.33. The van der Waals surface area contributed by atoms with Crippen molar-refractivity contribution < 1.29 is 4.74 Å². The van der Waals surface area contributed by atoms with Crippen LogP contribution in [-0.2, 0) is 4.74 Å².